The molecule has 0 bridgehead atoms. The molecule has 0 aliphatic carbocycles. The molecule has 1 atom stereocenters. The topological polar surface area (TPSA) is 78.8 Å². The predicted octanol–water partition coefficient (Wildman–Crippen LogP) is 5.97. The van der Waals surface area contributed by atoms with Crippen LogP contribution in [-0.2, 0) is 16.1 Å². The number of thioether (sulfide) groups is 1. The van der Waals surface area contributed by atoms with Crippen molar-refractivity contribution in [3.05, 3.63) is 94.5 Å². The summed E-state index contributed by atoms with van der Waals surface area (Å²) < 4.78 is 0. The van der Waals surface area contributed by atoms with Crippen LogP contribution in [0.1, 0.15) is 46.0 Å². The van der Waals surface area contributed by atoms with Crippen molar-refractivity contribution in [2.24, 2.45) is 4.99 Å². The summed E-state index contributed by atoms with van der Waals surface area (Å²) in [6.07, 6.45) is 0.0220. The molecule has 1 fully saturated rings. The Morgan fingerprint density at radius 3 is 2.17 bits per heavy atom. The molecule has 1 N–H and O–H groups in total. The Bertz CT molecular complexity index is 1310. The van der Waals surface area contributed by atoms with E-state index in [0.29, 0.717) is 23.0 Å². The van der Waals surface area contributed by atoms with Crippen LogP contribution in [-0.4, -0.2) is 32.9 Å². The number of hydrogen-bond acceptors (Lipinski definition) is 5. The average molecular weight is 500 g/mol. The fourth-order valence-electron chi connectivity index (χ4n) is 4.04. The Kier molecular flexibility index (Phi) is 7.70. The normalized spacial score (nSPS) is 16.4. The molecule has 1 heterocycles. The van der Waals surface area contributed by atoms with Crippen molar-refractivity contribution in [1.82, 2.24) is 4.90 Å². The quantitative estimate of drug-likeness (QED) is 0.406. The number of carbonyl (C=O) groups is 3. The van der Waals surface area contributed by atoms with Gasteiger partial charge in [-0.15, -0.1) is 0 Å². The molecule has 1 aliphatic heterocycles. The number of benzene rings is 3. The first-order valence-electron chi connectivity index (χ1n) is 11.8. The molecule has 3 aromatic rings. The van der Waals surface area contributed by atoms with Crippen LogP contribution in [0.2, 0.25) is 0 Å². The van der Waals surface area contributed by atoms with Gasteiger partial charge < -0.3 is 5.32 Å². The van der Waals surface area contributed by atoms with Gasteiger partial charge in [0.15, 0.2) is 11.0 Å². The summed E-state index contributed by atoms with van der Waals surface area (Å²) in [6.45, 7) is 7.94. The number of hydrogen-bond donors (Lipinski definition) is 1. The van der Waals surface area contributed by atoms with E-state index in [0.717, 1.165) is 27.9 Å². The highest BCUT2D eigenvalue weighted by molar-refractivity contribution is 8.15. The zero-order chi connectivity index (χ0) is 25.8. The maximum absolute atomic E-state index is 13.4. The van der Waals surface area contributed by atoms with Gasteiger partial charge >= 0.3 is 0 Å². The van der Waals surface area contributed by atoms with Crippen molar-refractivity contribution in [1.29, 1.82) is 0 Å². The minimum Gasteiger partial charge on any atom is -0.326 e. The van der Waals surface area contributed by atoms with Gasteiger partial charge in [-0.1, -0.05) is 47.7 Å². The van der Waals surface area contributed by atoms with Crippen LogP contribution < -0.4 is 5.32 Å². The van der Waals surface area contributed by atoms with Gasteiger partial charge in [0.2, 0.25) is 11.8 Å². The molecule has 36 heavy (non-hydrogen) atoms. The largest absolute Gasteiger partial charge is 0.326 e. The third-order valence-electron chi connectivity index (χ3n) is 5.86. The number of Topliss-reactive ketones (excluding diaryl/α,β-unsaturated/α-hetero) is 1. The number of aliphatic imine (C=N–C) groups is 1. The Morgan fingerprint density at radius 2 is 1.56 bits per heavy atom. The molecule has 1 aliphatic rings. The maximum Gasteiger partial charge on any atom is 0.242 e. The Labute approximate surface area is 215 Å². The highest BCUT2D eigenvalue weighted by atomic mass is 32.2. The first kappa shape index (κ1) is 25.4. The van der Waals surface area contributed by atoms with Gasteiger partial charge in [0, 0.05) is 17.7 Å². The molecule has 3 aromatic carbocycles. The lowest BCUT2D eigenvalue weighted by Crippen LogP contribution is -2.33. The zero-order valence-electron chi connectivity index (χ0n) is 20.9. The first-order valence-corrected chi connectivity index (χ1v) is 12.7. The molecular formula is C29H29N3O3S. The molecule has 1 unspecified atom stereocenters. The van der Waals surface area contributed by atoms with Crippen molar-refractivity contribution in [2.45, 2.75) is 45.9 Å². The molecule has 184 valence electrons. The summed E-state index contributed by atoms with van der Waals surface area (Å²) in [5, 5.41) is 2.85. The lowest BCUT2D eigenvalue weighted by molar-refractivity contribution is -0.128. The molecule has 4 rings (SSSR count). The molecule has 6 nitrogen and oxygen atoms in total. The van der Waals surface area contributed by atoms with Gasteiger partial charge in [-0.3, -0.25) is 19.3 Å². The molecule has 0 aromatic heterocycles. The first-order chi connectivity index (χ1) is 17.2. The monoisotopic (exact) mass is 499 g/mol. The van der Waals surface area contributed by atoms with E-state index in [1.165, 1.54) is 18.7 Å². The van der Waals surface area contributed by atoms with E-state index in [1.807, 2.05) is 57.2 Å². The third kappa shape index (κ3) is 6.29. The minimum atomic E-state index is -0.573. The number of nitrogens with zero attached hydrogens (tertiary/aromatic N) is 2. The number of anilines is 1. The number of nitrogens with one attached hydrogen (secondary N) is 1. The van der Waals surface area contributed by atoms with Crippen LogP contribution in [0.3, 0.4) is 0 Å². The summed E-state index contributed by atoms with van der Waals surface area (Å²) >= 11 is 1.32. The summed E-state index contributed by atoms with van der Waals surface area (Å²) in [5.74, 6) is -0.435. The summed E-state index contributed by atoms with van der Waals surface area (Å²) in [7, 11) is 0. The lowest BCUT2D eigenvalue weighted by atomic mass is 10.1. The highest BCUT2D eigenvalue weighted by Gasteiger charge is 2.39. The molecule has 2 amide bonds. The van der Waals surface area contributed by atoms with Gasteiger partial charge in [-0.05, 0) is 80.8 Å². The fraction of sp³-hybridized carbons (Fsp3) is 0.241. The van der Waals surface area contributed by atoms with Gasteiger partial charge in [-0.2, -0.15) is 0 Å². The van der Waals surface area contributed by atoms with Crippen LogP contribution in [0.4, 0.5) is 11.4 Å². The van der Waals surface area contributed by atoms with E-state index < -0.39 is 5.25 Å². The number of carbonyl (C=O) groups excluding carboxylic acids is 3. The van der Waals surface area contributed by atoms with Crippen LogP contribution in [0.5, 0.6) is 0 Å². The SMILES string of the molecule is CC(=O)c1ccc(NC(=O)CC2SC(=Nc3cc(C)cc(C)c3)N(Cc3ccc(C)cc3)C2=O)cc1. The number of aryl methyl sites for hydroxylation is 3. The standard InChI is InChI=1S/C29H29N3O3S/c1-18-5-7-22(8-6-18)17-32-28(35)26(36-29(32)31-25-14-19(2)13-20(3)15-25)16-27(34)30-24-11-9-23(10-12-24)21(4)33/h5-15,26H,16-17H2,1-4H3,(H,30,34). The molecule has 1 saturated heterocycles. The van der Waals surface area contributed by atoms with Crippen LogP contribution in [0.25, 0.3) is 0 Å². The second kappa shape index (κ2) is 10.9. The number of rotatable bonds is 7. The summed E-state index contributed by atoms with van der Waals surface area (Å²) in [5.41, 5.74) is 6.29. The number of ketones is 1. The van der Waals surface area contributed by atoms with Gasteiger partial charge in [0.25, 0.3) is 0 Å². The van der Waals surface area contributed by atoms with E-state index >= 15 is 0 Å². The van der Waals surface area contributed by atoms with Gasteiger partial charge in [0.1, 0.15) is 5.25 Å². The Hall–Kier alpha value is -3.71. The van der Waals surface area contributed by atoms with Crippen molar-refractivity contribution < 1.29 is 14.4 Å². The molecule has 0 spiro atoms. The van der Waals surface area contributed by atoms with Crippen LogP contribution in [0.15, 0.2) is 71.7 Å². The predicted molar refractivity (Wildman–Crippen MR) is 146 cm³/mol. The molecule has 0 saturated carbocycles. The second-order valence-electron chi connectivity index (χ2n) is 9.14. The van der Waals surface area contributed by atoms with Gasteiger partial charge in [-0.25, -0.2) is 4.99 Å². The fourth-order valence-corrected chi connectivity index (χ4v) is 5.20. The molecule has 7 heteroatoms. The van der Waals surface area contributed by atoms with E-state index in [2.05, 4.69) is 11.4 Å². The van der Waals surface area contributed by atoms with E-state index in [9.17, 15) is 14.4 Å². The minimum absolute atomic E-state index is 0.0220. The summed E-state index contributed by atoms with van der Waals surface area (Å²) in [4.78, 5) is 44.2. The summed E-state index contributed by atoms with van der Waals surface area (Å²) in [6, 6.07) is 20.8. The lowest BCUT2D eigenvalue weighted by Gasteiger charge is -2.17. The smallest absolute Gasteiger partial charge is 0.242 e. The Morgan fingerprint density at radius 1 is 0.917 bits per heavy atom. The zero-order valence-corrected chi connectivity index (χ0v) is 21.7. The third-order valence-corrected chi connectivity index (χ3v) is 7.03. The van der Waals surface area contributed by atoms with E-state index in [4.69, 9.17) is 4.99 Å². The highest BCUT2D eigenvalue weighted by Crippen LogP contribution is 2.33. The van der Waals surface area contributed by atoms with E-state index in [1.54, 1.807) is 29.2 Å². The average Bonchev–Trinajstić information content (AvgIpc) is 3.08. The number of amides is 2. The maximum atomic E-state index is 13.4. The molecule has 0 radical (unpaired) electrons. The second-order valence-corrected chi connectivity index (χ2v) is 10.3. The van der Waals surface area contributed by atoms with Crippen molar-refractivity contribution in [3.8, 4) is 0 Å². The number of amidine groups is 1. The van der Waals surface area contributed by atoms with Crippen LogP contribution in [0, 0.1) is 20.8 Å². The van der Waals surface area contributed by atoms with Gasteiger partial charge in [0.05, 0.1) is 12.2 Å². The van der Waals surface area contributed by atoms with Crippen molar-refractivity contribution in [3.63, 3.8) is 0 Å². The van der Waals surface area contributed by atoms with E-state index in [-0.39, 0.29) is 24.0 Å². The Balaban J connectivity index is 1.54. The van der Waals surface area contributed by atoms with Crippen molar-refractivity contribution >= 4 is 45.9 Å². The van der Waals surface area contributed by atoms with Crippen molar-refractivity contribution in [2.75, 3.05) is 5.32 Å². The molecular weight excluding hydrogens is 470 g/mol. The van der Waals surface area contributed by atoms with Crippen LogP contribution >= 0.6 is 11.8 Å².